The third-order valence-corrected chi connectivity index (χ3v) is 8.43. The van der Waals surface area contributed by atoms with Crippen molar-refractivity contribution in [2.24, 2.45) is 10.1 Å². The molecule has 0 aliphatic heterocycles. The normalized spacial score (nSPS) is 16.3. The van der Waals surface area contributed by atoms with Crippen LogP contribution in [0.5, 0.6) is 0 Å². The van der Waals surface area contributed by atoms with Gasteiger partial charge in [-0.2, -0.15) is 21.9 Å². The first-order chi connectivity index (χ1) is 18.4. The van der Waals surface area contributed by atoms with Gasteiger partial charge in [-0.1, -0.05) is 49.6 Å². The monoisotopic (exact) mass is 569 g/mol. The van der Waals surface area contributed by atoms with E-state index >= 15 is 0 Å². The van der Waals surface area contributed by atoms with E-state index in [0.29, 0.717) is 0 Å². The number of anilines is 1. The average Bonchev–Trinajstić information content (AvgIpc) is 2.90. The predicted octanol–water partition coefficient (Wildman–Crippen LogP) is 1.82. The van der Waals surface area contributed by atoms with Crippen LogP contribution in [0.2, 0.25) is 0 Å². The molecule has 3 N–H and O–H groups in total. The minimum absolute atomic E-state index is 0.0196. The molecule has 2 aromatic rings. The first kappa shape index (κ1) is 26.8. The van der Waals surface area contributed by atoms with Crippen LogP contribution in [0, 0.1) is 10.4 Å². The van der Waals surface area contributed by atoms with Crippen LogP contribution < -0.4 is 27.0 Å². The number of hydrogen-bond acceptors (Lipinski definition) is 9. The Balaban J connectivity index is 1.94. The van der Waals surface area contributed by atoms with Crippen LogP contribution in [0.25, 0.3) is 10.8 Å². The van der Waals surface area contributed by atoms with Gasteiger partial charge in [0.2, 0.25) is 0 Å². The molecule has 0 unspecified atom stereocenters. The number of nitrogens with one attached hydrogen (secondary N) is 1. The molecule has 202 valence electrons. The average molecular weight is 570 g/mol. The molecule has 39 heavy (non-hydrogen) atoms. The van der Waals surface area contributed by atoms with Crippen molar-refractivity contribution in [2.45, 2.75) is 47.9 Å². The summed E-state index contributed by atoms with van der Waals surface area (Å²) in [5, 5.41) is 3.20. The number of fused-ring (bicyclic) bond motifs is 1. The number of hydrogen-bond donors (Lipinski definition) is 3. The maximum absolute atomic E-state index is 13.7. The lowest BCUT2D eigenvalue weighted by Crippen LogP contribution is -2.34. The van der Waals surface area contributed by atoms with Gasteiger partial charge < -0.3 is 0 Å². The Morgan fingerprint density at radius 3 is 2.03 bits per heavy atom. The molecule has 1 fully saturated rings. The second kappa shape index (κ2) is 10.1. The van der Waals surface area contributed by atoms with Gasteiger partial charge in [-0.25, -0.2) is 0 Å². The zero-order chi connectivity index (χ0) is 27.9. The number of rotatable bonds is 5. The van der Waals surface area contributed by atoms with Crippen molar-refractivity contribution in [1.82, 2.24) is 0 Å². The van der Waals surface area contributed by atoms with E-state index in [4.69, 9.17) is 0 Å². The fourth-order valence-electron chi connectivity index (χ4n) is 4.90. The zero-order valence-electron chi connectivity index (χ0n) is 20.4. The van der Waals surface area contributed by atoms with Crippen LogP contribution in [-0.4, -0.2) is 32.0 Å². The summed E-state index contributed by atoms with van der Waals surface area (Å²) in [7, 11) is -9.53. The molecule has 3 aliphatic rings. The largest absolute Gasteiger partial charge is 0.296 e. The molecule has 0 spiro atoms. The molecule has 1 saturated carbocycles. The van der Waals surface area contributed by atoms with Crippen molar-refractivity contribution in [1.29, 1.82) is 0 Å². The van der Waals surface area contributed by atoms with Crippen molar-refractivity contribution in [3.05, 3.63) is 96.2 Å². The Morgan fingerprint density at radius 2 is 1.41 bits per heavy atom. The lowest BCUT2D eigenvalue weighted by Gasteiger charge is -2.17. The summed E-state index contributed by atoms with van der Waals surface area (Å²) in [6, 6.07) is 11.8. The molecule has 3 aliphatic carbocycles. The quantitative estimate of drug-likeness (QED) is 0.239. The van der Waals surface area contributed by atoms with E-state index in [1.54, 1.807) is 12.1 Å². The third-order valence-electron chi connectivity index (χ3n) is 6.72. The highest BCUT2D eigenvalue weighted by atomic mass is 32.2. The minimum atomic E-state index is -4.98. The minimum Gasteiger partial charge on any atom is -0.288 e. The molecule has 0 atom stereocenters. The fraction of sp³-hybridized carbons (Fsp3) is 0.231. The van der Waals surface area contributed by atoms with Crippen molar-refractivity contribution in [3.63, 3.8) is 0 Å². The summed E-state index contributed by atoms with van der Waals surface area (Å²) < 4.78 is 67.6. The molecule has 11 nitrogen and oxygen atoms in total. The molecule has 0 heterocycles. The molecule has 5 rings (SSSR count). The van der Waals surface area contributed by atoms with Gasteiger partial charge in [-0.15, -0.1) is 0 Å². The van der Waals surface area contributed by atoms with Crippen LogP contribution in [0.3, 0.4) is 0 Å². The lowest BCUT2D eigenvalue weighted by atomic mass is 9.96. The van der Waals surface area contributed by atoms with Gasteiger partial charge in [-0.05, 0) is 37.1 Å². The maximum atomic E-state index is 13.7. The highest BCUT2D eigenvalue weighted by Crippen LogP contribution is 2.20. The van der Waals surface area contributed by atoms with Crippen LogP contribution >= 0.6 is 0 Å². The van der Waals surface area contributed by atoms with Crippen molar-refractivity contribution in [2.75, 3.05) is 5.43 Å². The van der Waals surface area contributed by atoms with Gasteiger partial charge in [0.25, 0.3) is 20.2 Å². The zero-order valence-corrected chi connectivity index (χ0v) is 22.0. The Bertz CT molecular complexity index is 2130. The first-order valence-corrected chi connectivity index (χ1v) is 15.0. The van der Waals surface area contributed by atoms with Gasteiger partial charge in [-0.3, -0.25) is 29.1 Å². The first-order valence-electron chi connectivity index (χ1n) is 12.1. The molecular formula is C26H23N3O8S2. The van der Waals surface area contributed by atoms with E-state index < -0.39 is 46.2 Å². The smallest absolute Gasteiger partial charge is 0.288 e. The highest BCUT2D eigenvalue weighted by molar-refractivity contribution is 7.86. The molecule has 0 radical (unpaired) electrons. The van der Waals surface area contributed by atoms with Crippen LogP contribution in [0.15, 0.2) is 84.1 Å². The van der Waals surface area contributed by atoms with Crippen LogP contribution in [-0.2, 0) is 20.2 Å². The summed E-state index contributed by atoms with van der Waals surface area (Å²) in [6.07, 6.45) is 4.32. The molecular weight excluding hydrogens is 546 g/mol. The standard InChI is InChI=1S/C26H23N3O8S2/c30-25-18-11-4-5-12-19(18)26(31)23-22(25)20(27-15-7-2-1-3-8-15)14-21(39(35,36)37)24(23)29-28-16-9-6-10-17(13-16)38(32,33)34/h4-6,9-15,28H,1-3,7-8H2,(H,32,33,34)(H,35,36,37)/b27-20?,29-24-. The molecule has 13 heteroatoms. The molecule has 2 aromatic carbocycles. The van der Waals surface area contributed by atoms with Crippen molar-refractivity contribution < 1.29 is 25.9 Å². The van der Waals surface area contributed by atoms with E-state index in [1.807, 2.05) is 0 Å². The Labute approximate surface area is 222 Å². The lowest BCUT2D eigenvalue weighted by molar-refractivity contribution is 0.437. The second-order valence-corrected chi connectivity index (χ2v) is 12.1. The fourth-order valence-corrected chi connectivity index (χ4v) is 6.08. The van der Waals surface area contributed by atoms with Gasteiger partial charge >= 0.3 is 0 Å². The maximum Gasteiger partial charge on any atom is 0.296 e. The van der Waals surface area contributed by atoms with Crippen molar-refractivity contribution in [3.8, 4) is 0 Å². The summed E-state index contributed by atoms with van der Waals surface area (Å²) in [5.41, 5.74) is 1.27. The van der Waals surface area contributed by atoms with Gasteiger partial charge in [0.1, 0.15) is 10.3 Å². The van der Waals surface area contributed by atoms with Gasteiger partial charge in [0.15, 0.2) is 10.9 Å². The molecule has 0 amide bonds. The Kier molecular flexibility index (Phi) is 6.93. The summed E-state index contributed by atoms with van der Waals surface area (Å²) in [6.45, 7) is 0. The van der Waals surface area contributed by atoms with E-state index in [2.05, 4.69) is 15.5 Å². The predicted molar refractivity (Wildman–Crippen MR) is 142 cm³/mol. The summed E-state index contributed by atoms with van der Waals surface area (Å²) in [4.78, 5) is 30.9. The topological polar surface area (TPSA) is 180 Å². The van der Waals surface area contributed by atoms with Crippen LogP contribution in [0.1, 0.15) is 32.1 Å². The Hall–Kier alpha value is -3.78. The number of nitrogens with zero attached hydrogens (tertiary/aromatic N) is 2. The third kappa shape index (κ3) is 5.26. The highest BCUT2D eigenvalue weighted by Gasteiger charge is 2.21. The second-order valence-electron chi connectivity index (χ2n) is 9.32. The summed E-state index contributed by atoms with van der Waals surface area (Å²) in [5.74, 6) is 0. The van der Waals surface area contributed by atoms with E-state index in [9.17, 15) is 35.5 Å². The molecule has 0 bridgehead atoms. The van der Waals surface area contributed by atoms with E-state index in [-0.39, 0.29) is 38.3 Å². The SMILES string of the molecule is O=c1c2c(=NC3CCCCC3)cc(S(=O)(=O)O)/c(=N/Nc3cccc(S(=O)(=O)O)c3)c=2c(=O)c2ccccc12. The molecule has 0 saturated heterocycles. The Morgan fingerprint density at radius 1 is 0.769 bits per heavy atom. The number of benzene rings is 2. The van der Waals surface area contributed by atoms with Gasteiger partial charge in [0, 0.05) is 10.8 Å². The van der Waals surface area contributed by atoms with E-state index in [0.717, 1.165) is 50.3 Å². The van der Waals surface area contributed by atoms with Crippen molar-refractivity contribution >= 4 is 36.7 Å². The van der Waals surface area contributed by atoms with Crippen LogP contribution in [0.4, 0.5) is 5.69 Å². The van der Waals surface area contributed by atoms with Gasteiger partial charge in [0.05, 0.1) is 32.4 Å². The molecule has 0 aromatic heterocycles. The van der Waals surface area contributed by atoms with E-state index in [1.165, 1.54) is 24.3 Å². The summed E-state index contributed by atoms with van der Waals surface area (Å²) >= 11 is 0.